The van der Waals surface area contributed by atoms with E-state index in [4.69, 9.17) is 21.1 Å². The van der Waals surface area contributed by atoms with Crippen molar-refractivity contribution in [3.63, 3.8) is 0 Å². The number of hydrogen-bond acceptors (Lipinski definition) is 5. The zero-order valence-corrected chi connectivity index (χ0v) is 16.2. The average Bonchev–Trinajstić information content (AvgIpc) is 2.69. The first kappa shape index (κ1) is 19.2. The van der Waals surface area contributed by atoms with Crippen LogP contribution in [0, 0.1) is 5.82 Å². The Balaban J connectivity index is 2.07. The van der Waals surface area contributed by atoms with Crippen molar-refractivity contribution in [1.29, 1.82) is 0 Å². The monoisotopic (exact) mass is 389 g/mol. The van der Waals surface area contributed by atoms with Gasteiger partial charge >= 0.3 is 0 Å². The zero-order chi connectivity index (χ0) is 19.4. The third kappa shape index (κ3) is 4.06. The van der Waals surface area contributed by atoms with Crippen LogP contribution in [0.25, 0.3) is 10.9 Å². The Labute approximate surface area is 162 Å². The van der Waals surface area contributed by atoms with Crippen molar-refractivity contribution in [3.8, 4) is 11.5 Å². The first-order valence-corrected chi connectivity index (χ1v) is 9.15. The lowest BCUT2D eigenvalue weighted by Gasteiger charge is -2.19. The van der Waals surface area contributed by atoms with E-state index in [2.05, 4.69) is 29.1 Å². The molecule has 0 atom stereocenters. The summed E-state index contributed by atoms with van der Waals surface area (Å²) >= 11 is 5.87. The minimum Gasteiger partial charge on any atom is -0.493 e. The van der Waals surface area contributed by atoms with Crippen molar-refractivity contribution in [2.75, 3.05) is 12.4 Å². The zero-order valence-electron chi connectivity index (χ0n) is 15.4. The van der Waals surface area contributed by atoms with Crippen LogP contribution in [0.2, 0.25) is 5.02 Å². The van der Waals surface area contributed by atoms with E-state index >= 15 is 0 Å². The summed E-state index contributed by atoms with van der Waals surface area (Å²) in [6.45, 7) is 4.14. The van der Waals surface area contributed by atoms with Gasteiger partial charge in [0.05, 0.1) is 29.4 Å². The van der Waals surface area contributed by atoms with Gasteiger partial charge in [-0.1, -0.05) is 31.5 Å². The third-order valence-electron chi connectivity index (χ3n) is 4.33. The first-order chi connectivity index (χ1) is 13.1. The number of nitrogens with one attached hydrogen (secondary N) is 1. The largest absolute Gasteiger partial charge is 0.493 e. The van der Waals surface area contributed by atoms with Crippen LogP contribution < -0.4 is 14.8 Å². The molecule has 0 aliphatic heterocycles. The Morgan fingerprint density at radius 1 is 1.15 bits per heavy atom. The number of ether oxygens (including phenoxy) is 2. The number of hydrogen-bond donors (Lipinski definition) is 1. The quantitative estimate of drug-likeness (QED) is 0.558. The molecule has 1 N–H and O–H groups in total. The van der Waals surface area contributed by atoms with Crippen LogP contribution in [0.4, 0.5) is 15.9 Å². The molecule has 0 amide bonds. The van der Waals surface area contributed by atoms with Gasteiger partial charge in [-0.15, -0.1) is 0 Å². The Morgan fingerprint density at radius 2 is 1.93 bits per heavy atom. The molecule has 0 aliphatic rings. The molecule has 1 heterocycles. The van der Waals surface area contributed by atoms with Gasteiger partial charge in [0, 0.05) is 11.5 Å². The van der Waals surface area contributed by atoms with E-state index in [1.165, 1.54) is 12.4 Å². The molecular formula is C20H21ClFN3O2. The summed E-state index contributed by atoms with van der Waals surface area (Å²) in [5.41, 5.74) is 0.893. The van der Waals surface area contributed by atoms with Crippen LogP contribution >= 0.6 is 11.6 Å². The lowest BCUT2D eigenvalue weighted by Crippen LogP contribution is -2.14. The molecule has 1 aromatic heterocycles. The van der Waals surface area contributed by atoms with Crippen LogP contribution in [-0.4, -0.2) is 23.2 Å². The summed E-state index contributed by atoms with van der Waals surface area (Å²) in [4.78, 5) is 8.55. The predicted octanol–water partition coefficient (Wildman–Crippen LogP) is 5.74. The molecule has 7 heteroatoms. The molecule has 0 spiro atoms. The fourth-order valence-electron chi connectivity index (χ4n) is 2.78. The fourth-order valence-corrected chi connectivity index (χ4v) is 2.95. The highest BCUT2D eigenvalue weighted by molar-refractivity contribution is 6.31. The van der Waals surface area contributed by atoms with Gasteiger partial charge in [0.2, 0.25) is 0 Å². The number of halogens is 2. The van der Waals surface area contributed by atoms with E-state index in [0.717, 1.165) is 12.8 Å². The Bertz CT molecular complexity index is 948. The predicted molar refractivity (Wildman–Crippen MR) is 106 cm³/mol. The van der Waals surface area contributed by atoms with Crippen LogP contribution in [0.1, 0.15) is 26.7 Å². The summed E-state index contributed by atoms with van der Waals surface area (Å²) in [5, 5.41) is 3.73. The molecular weight excluding hydrogens is 369 g/mol. The molecule has 3 aromatic rings. The molecule has 0 saturated heterocycles. The van der Waals surface area contributed by atoms with Crippen LogP contribution in [-0.2, 0) is 0 Å². The van der Waals surface area contributed by atoms with E-state index in [9.17, 15) is 4.39 Å². The van der Waals surface area contributed by atoms with E-state index in [0.29, 0.717) is 28.2 Å². The highest BCUT2D eigenvalue weighted by atomic mass is 35.5. The Hall–Kier alpha value is -2.60. The highest BCUT2D eigenvalue weighted by Crippen LogP contribution is 2.36. The van der Waals surface area contributed by atoms with Crippen molar-refractivity contribution in [2.24, 2.45) is 0 Å². The van der Waals surface area contributed by atoms with E-state index in [-0.39, 0.29) is 16.8 Å². The highest BCUT2D eigenvalue weighted by Gasteiger charge is 2.16. The van der Waals surface area contributed by atoms with Gasteiger partial charge in [-0.05, 0) is 31.0 Å². The maximum Gasteiger partial charge on any atom is 0.165 e. The number of fused-ring (bicyclic) bond motifs is 1. The summed E-state index contributed by atoms with van der Waals surface area (Å²) in [6, 6.07) is 8.36. The lowest BCUT2D eigenvalue weighted by atomic mass is 10.2. The van der Waals surface area contributed by atoms with Gasteiger partial charge < -0.3 is 14.8 Å². The fraction of sp³-hybridized carbons (Fsp3) is 0.300. The normalized spacial score (nSPS) is 11.0. The van der Waals surface area contributed by atoms with Gasteiger partial charge in [-0.3, -0.25) is 0 Å². The molecule has 3 rings (SSSR count). The van der Waals surface area contributed by atoms with Crippen LogP contribution in [0.15, 0.2) is 36.7 Å². The van der Waals surface area contributed by atoms with E-state index < -0.39 is 5.82 Å². The molecule has 142 valence electrons. The van der Waals surface area contributed by atoms with Crippen LogP contribution in [0.5, 0.6) is 11.5 Å². The minimum atomic E-state index is -0.534. The van der Waals surface area contributed by atoms with Gasteiger partial charge in [-0.2, -0.15) is 0 Å². The average molecular weight is 390 g/mol. The van der Waals surface area contributed by atoms with Crippen molar-refractivity contribution in [3.05, 3.63) is 47.5 Å². The maximum absolute atomic E-state index is 14.3. The number of nitrogens with zero attached hydrogens (tertiary/aromatic N) is 2. The lowest BCUT2D eigenvalue weighted by molar-refractivity contribution is 0.185. The SMILES string of the molecule is CCC(CC)Oc1cc2c(Nc3cccc(Cl)c3F)ncnc2cc1OC. The van der Waals surface area contributed by atoms with Crippen molar-refractivity contribution < 1.29 is 13.9 Å². The minimum absolute atomic E-state index is 0.0396. The van der Waals surface area contributed by atoms with Gasteiger partial charge in [0.1, 0.15) is 12.1 Å². The van der Waals surface area contributed by atoms with Crippen molar-refractivity contribution in [1.82, 2.24) is 9.97 Å². The van der Waals surface area contributed by atoms with Crippen molar-refractivity contribution >= 4 is 34.0 Å². The molecule has 5 nitrogen and oxygen atoms in total. The number of anilines is 2. The molecule has 0 saturated carbocycles. The first-order valence-electron chi connectivity index (χ1n) is 8.77. The van der Waals surface area contributed by atoms with E-state index in [1.807, 2.05) is 6.07 Å². The topological polar surface area (TPSA) is 56.3 Å². The molecule has 0 aliphatic carbocycles. The molecule has 27 heavy (non-hydrogen) atoms. The van der Waals surface area contributed by atoms with Gasteiger partial charge in [-0.25, -0.2) is 14.4 Å². The van der Waals surface area contributed by atoms with E-state index in [1.54, 1.807) is 25.3 Å². The van der Waals surface area contributed by atoms with Crippen LogP contribution in [0.3, 0.4) is 0 Å². The van der Waals surface area contributed by atoms with Gasteiger partial charge in [0.15, 0.2) is 17.3 Å². The number of rotatable bonds is 7. The second kappa shape index (κ2) is 8.39. The molecule has 2 aromatic carbocycles. The summed E-state index contributed by atoms with van der Waals surface area (Å²) < 4.78 is 25.8. The molecule has 0 bridgehead atoms. The Morgan fingerprint density at radius 3 is 2.63 bits per heavy atom. The second-order valence-corrected chi connectivity index (χ2v) is 6.43. The standard InChI is InChI=1S/C20H21ClFN3O2/c1-4-12(5-2)27-18-9-13-16(10-17(18)26-3)23-11-24-20(13)25-15-8-6-7-14(21)19(15)22/h6-12H,4-5H2,1-3H3,(H,23,24,25). The Kier molecular flexibility index (Phi) is 5.96. The van der Waals surface area contributed by atoms with Crippen molar-refractivity contribution in [2.45, 2.75) is 32.8 Å². The number of methoxy groups -OCH3 is 1. The summed E-state index contributed by atoms with van der Waals surface area (Å²) in [5.74, 6) is 1.11. The van der Waals surface area contributed by atoms with Gasteiger partial charge in [0.25, 0.3) is 0 Å². The number of benzene rings is 2. The molecule has 0 unspecified atom stereocenters. The summed E-state index contributed by atoms with van der Waals surface area (Å²) in [7, 11) is 1.59. The third-order valence-corrected chi connectivity index (χ3v) is 4.62. The number of aromatic nitrogens is 2. The summed E-state index contributed by atoms with van der Waals surface area (Å²) in [6.07, 6.45) is 3.24. The molecule has 0 radical (unpaired) electrons. The maximum atomic E-state index is 14.3. The molecule has 0 fully saturated rings. The smallest absolute Gasteiger partial charge is 0.165 e. The second-order valence-electron chi connectivity index (χ2n) is 6.03.